The second-order valence-corrected chi connectivity index (χ2v) is 6.67. The number of carbonyl (C=O) groups excluding carboxylic acids is 1. The van der Waals surface area contributed by atoms with Crippen molar-refractivity contribution < 1.29 is 4.79 Å². The molecule has 4 rings (SSSR count). The Hall–Kier alpha value is -2.49. The third-order valence-corrected chi connectivity index (χ3v) is 4.72. The number of anilines is 2. The Balaban J connectivity index is 1.85. The fraction of sp³-hybridized carbons (Fsp3) is 0.0500. The van der Waals surface area contributed by atoms with Crippen LogP contribution in [0.5, 0.6) is 0 Å². The minimum Gasteiger partial charge on any atom is -0.360 e. The van der Waals surface area contributed by atoms with Gasteiger partial charge in [-0.3, -0.25) is 9.69 Å². The lowest BCUT2D eigenvalue weighted by Crippen LogP contribution is -2.43. The summed E-state index contributed by atoms with van der Waals surface area (Å²) < 4.78 is 0. The summed E-state index contributed by atoms with van der Waals surface area (Å²) in [6.07, 6.45) is -0.333. The molecule has 1 aliphatic heterocycles. The number of nitrogens with zero attached hydrogens (tertiary/aromatic N) is 1. The number of hydrogen-bond acceptors (Lipinski definition) is 2. The Bertz CT molecular complexity index is 923. The van der Waals surface area contributed by atoms with Gasteiger partial charge in [0.25, 0.3) is 5.91 Å². The summed E-state index contributed by atoms with van der Waals surface area (Å²) in [5.41, 5.74) is 3.18. The van der Waals surface area contributed by atoms with E-state index in [0.717, 1.165) is 16.9 Å². The van der Waals surface area contributed by atoms with Gasteiger partial charge in [0, 0.05) is 21.4 Å². The highest BCUT2D eigenvalue weighted by Crippen LogP contribution is 2.37. The molecule has 0 aliphatic carbocycles. The number of amides is 1. The quantitative estimate of drug-likeness (QED) is 0.623. The van der Waals surface area contributed by atoms with E-state index in [0.29, 0.717) is 15.6 Å². The second kappa shape index (κ2) is 6.43. The zero-order chi connectivity index (χ0) is 17.4. The maximum absolute atomic E-state index is 13.2. The third-order valence-electron chi connectivity index (χ3n) is 4.22. The first kappa shape index (κ1) is 16.0. The van der Waals surface area contributed by atoms with Gasteiger partial charge in [-0.15, -0.1) is 0 Å². The number of benzene rings is 3. The zero-order valence-electron chi connectivity index (χ0n) is 13.1. The van der Waals surface area contributed by atoms with Crippen LogP contribution in [0.3, 0.4) is 0 Å². The maximum Gasteiger partial charge on any atom is 0.262 e. The topological polar surface area (TPSA) is 32.3 Å². The number of nitrogens with one attached hydrogen (secondary N) is 1. The van der Waals surface area contributed by atoms with Crippen LogP contribution in [-0.2, 0) is 0 Å². The number of carbonyl (C=O) groups is 1. The highest BCUT2D eigenvalue weighted by Gasteiger charge is 2.33. The van der Waals surface area contributed by atoms with E-state index in [4.69, 9.17) is 23.2 Å². The van der Waals surface area contributed by atoms with Gasteiger partial charge in [0.15, 0.2) is 0 Å². The first-order valence-electron chi connectivity index (χ1n) is 7.83. The Morgan fingerprint density at radius 2 is 1.40 bits per heavy atom. The van der Waals surface area contributed by atoms with E-state index in [1.165, 1.54) is 0 Å². The predicted octanol–water partition coefficient (Wildman–Crippen LogP) is 5.76. The second-order valence-electron chi connectivity index (χ2n) is 5.80. The summed E-state index contributed by atoms with van der Waals surface area (Å²) in [6, 6.07) is 22.3. The average Bonchev–Trinajstić information content (AvgIpc) is 2.63. The molecule has 3 aromatic carbocycles. The van der Waals surface area contributed by atoms with E-state index in [-0.39, 0.29) is 12.1 Å². The van der Waals surface area contributed by atoms with Gasteiger partial charge in [0.05, 0.1) is 5.56 Å². The van der Waals surface area contributed by atoms with E-state index in [1.807, 2.05) is 60.7 Å². The van der Waals surface area contributed by atoms with E-state index in [1.54, 1.807) is 17.0 Å². The van der Waals surface area contributed by atoms with Crippen LogP contribution in [0.25, 0.3) is 0 Å². The minimum atomic E-state index is -0.333. The van der Waals surface area contributed by atoms with Crippen molar-refractivity contribution in [3.63, 3.8) is 0 Å². The molecule has 1 amide bonds. The lowest BCUT2D eigenvalue weighted by Gasteiger charge is -2.38. The summed E-state index contributed by atoms with van der Waals surface area (Å²) in [7, 11) is 0. The summed E-state index contributed by atoms with van der Waals surface area (Å²) in [5, 5.41) is 4.74. The average molecular weight is 369 g/mol. The minimum absolute atomic E-state index is 0.0587. The molecular formula is C20H14Cl2N2O. The molecule has 0 saturated heterocycles. The standard InChI is InChI=1S/C20H14Cl2N2O/c21-14-7-5-13(6-8-14)19-23-18-4-2-1-3-17(18)20(25)24(19)16-11-9-15(22)10-12-16/h1-12,19,23H/t19-/m1/s1. The lowest BCUT2D eigenvalue weighted by molar-refractivity contribution is 0.0975. The fourth-order valence-corrected chi connectivity index (χ4v) is 3.25. The number of para-hydroxylation sites is 1. The van der Waals surface area contributed by atoms with Crippen molar-refractivity contribution >= 4 is 40.5 Å². The van der Waals surface area contributed by atoms with Crippen molar-refractivity contribution in [2.45, 2.75) is 6.17 Å². The number of halogens is 2. The van der Waals surface area contributed by atoms with Gasteiger partial charge in [-0.25, -0.2) is 0 Å². The van der Waals surface area contributed by atoms with Crippen molar-refractivity contribution in [1.82, 2.24) is 0 Å². The zero-order valence-corrected chi connectivity index (χ0v) is 14.6. The smallest absolute Gasteiger partial charge is 0.262 e. The van der Waals surface area contributed by atoms with Crippen molar-refractivity contribution in [2.24, 2.45) is 0 Å². The number of hydrogen-bond donors (Lipinski definition) is 1. The van der Waals surface area contributed by atoms with Crippen molar-refractivity contribution in [1.29, 1.82) is 0 Å². The van der Waals surface area contributed by atoms with E-state index in [2.05, 4.69) is 5.32 Å². The van der Waals surface area contributed by atoms with E-state index < -0.39 is 0 Å². The Morgan fingerprint density at radius 1 is 0.800 bits per heavy atom. The highest BCUT2D eigenvalue weighted by molar-refractivity contribution is 6.31. The van der Waals surface area contributed by atoms with Gasteiger partial charge in [0.2, 0.25) is 0 Å². The summed E-state index contributed by atoms with van der Waals surface area (Å²) in [5.74, 6) is -0.0587. The van der Waals surface area contributed by atoms with E-state index >= 15 is 0 Å². The Morgan fingerprint density at radius 3 is 2.08 bits per heavy atom. The summed E-state index contributed by atoms with van der Waals surface area (Å²) >= 11 is 12.0. The van der Waals surface area contributed by atoms with Crippen LogP contribution in [-0.4, -0.2) is 5.91 Å². The molecule has 0 saturated carbocycles. The van der Waals surface area contributed by atoms with Gasteiger partial charge in [-0.05, 0) is 54.1 Å². The molecule has 25 heavy (non-hydrogen) atoms. The molecule has 0 radical (unpaired) electrons. The normalized spacial score (nSPS) is 16.3. The van der Waals surface area contributed by atoms with Crippen molar-refractivity contribution in [2.75, 3.05) is 10.2 Å². The van der Waals surface area contributed by atoms with Crippen LogP contribution in [0, 0.1) is 0 Å². The van der Waals surface area contributed by atoms with Crippen LogP contribution in [0.1, 0.15) is 22.1 Å². The molecule has 0 bridgehead atoms. The molecule has 5 heteroatoms. The van der Waals surface area contributed by atoms with Crippen molar-refractivity contribution in [3.8, 4) is 0 Å². The molecule has 1 atom stereocenters. The number of rotatable bonds is 2. The molecule has 0 aromatic heterocycles. The molecule has 1 aliphatic rings. The van der Waals surface area contributed by atoms with Crippen LogP contribution in [0.2, 0.25) is 10.0 Å². The largest absolute Gasteiger partial charge is 0.360 e. The van der Waals surface area contributed by atoms with Crippen molar-refractivity contribution in [3.05, 3.63) is 94.0 Å². The monoisotopic (exact) mass is 368 g/mol. The van der Waals surface area contributed by atoms with Crippen LogP contribution >= 0.6 is 23.2 Å². The SMILES string of the molecule is O=C1c2ccccc2N[C@@H](c2ccc(Cl)cc2)N1c1ccc(Cl)cc1. The first-order chi connectivity index (χ1) is 12.1. The molecule has 3 nitrogen and oxygen atoms in total. The molecule has 1 heterocycles. The molecule has 0 spiro atoms. The fourth-order valence-electron chi connectivity index (χ4n) is 3.00. The van der Waals surface area contributed by atoms with Gasteiger partial charge in [-0.2, -0.15) is 0 Å². The third kappa shape index (κ3) is 2.97. The number of fused-ring (bicyclic) bond motifs is 1. The molecular weight excluding hydrogens is 355 g/mol. The summed E-state index contributed by atoms with van der Waals surface area (Å²) in [4.78, 5) is 14.9. The Kier molecular flexibility index (Phi) is 4.12. The molecule has 0 fully saturated rings. The van der Waals surface area contributed by atoms with Gasteiger partial charge in [-0.1, -0.05) is 47.5 Å². The van der Waals surface area contributed by atoms with Gasteiger partial charge >= 0.3 is 0 Å². The molecule has 0 unspecified atom stereocenters. The Labute approximate surface area is 155 Å². The predicted molar refractivity (Wildman–Crippen MR) is 103 cm³/mol. The van der Waals surface area contributed by atoms with Gasteiger partial charge in [0.1, 0.15) is 6.17 Å². The van der Waals surface area contributed by atoms with Crippen LogP contribution in [0.15, 0.2) is 72.8 Å². The lowest BCUT2D eigenvalue weighted by atomic mass is 10.0. The van der Waals surface area contributed by atoms with Crippen LogP contribution in [0.4, 0.5) is 11.4 Å². The van der Waals surface area contributed by atoms with Gasteiger partial charge < -0.3 is 5.32 Å². The molecule has 3 aromatic rings. The molecule has 1 N–H and O–H groups in total. The molecule has 124 valence electrons. The maximum atomic E-state index is 13.2. The van der Waals surface area contributed by atoms with Crippen LogP contribution < -0.4 is 10.2 Å². The summed E-state index contributed by atoms with van der Waals surface area (Å²) in [6.45, 7) is 0. The van der Waals surface area contributed by atoms with E-state index in [9.17, 15) is 4.79 Å². The highest BCUT2D eigenvalue weighted by atomic mass is 35.5. The first-order valence-corrected chi connectivity index (χ1v) is 8.59.